The molecule has 1 atom stereocenters. The molecule has 0 spiro atoms. The Morgan fingerprint density at radius 2 is 2.15 bits per heavy atom. The van der Waals surface area contributed by atoms with E-state index in [1.165, 1.54) is 0 Å². The summed E-state index contributed by atoms with van der Waals surface area (Å²) in [6.07, 6.45) is 0.897. The summed E-state index contributed by atoms with van der Waals surface area (Å²) in [5, 5.41) is 2.75. The average Bonchev–Trinajstić information content (AvgIpc) is 2.83. The first-order valence-electron chi connectivity index (χ1n) is 6.96. The van der Waals surface area contributed by atoms with Gasteiger partial charge in [0.1, 0.15) is 12.4 Å². The van der Waals surface area contributed by atoms with Gasteiger partial charge in [0.2, 0.25) is 5.91 Å². The SMILES string of the molecule is CNC(=O)C1(C)CCN(CCOc2ccc(N)cc2)C1. The quantitative estimate of drug-likeness (QED) is 0.791. The molecule has 110 valence electrons. The first kappa shape index (κ1) is 14.7. The van der Waals surface area contributed by atoms with E-state index in [1.54, 1.807) is 7.05 Å². The molecule has 2 rings (SSSR count). The molecule has 1 aromatic rings. The zero-order chi connectivity index (χ0) is 14.6. The number of rotatable bonds is 5. The third-order valence-electron chi connectivity index (χ3n) is 3.88. The molecule has 1 aromatic carbocycles. The normalized spacial score (nSPS) is 22.7. The van der Waals surface area contributed by atoms with Crippen LogP contribution in [0.2, 0.25) is 0 Å². The maximum atomic E-state index is 11.8. The number of nitrogen functional groups attached to an aromatic ring is 1. The Labute approximate surface area is 120 Å². The fraction of sp³-hybridized carbons (Fsp3) is 0.533. The van der Waals surface area contributed by atoms with Gasteiger partial charge in [-0.1, -0.05) is 0 Å². The highest BCUT2D eigenvalue weighted by molar-refractivity contribution is 5.82. The highest BCUT2D eigenvalue weighted by Gasteiger charge is 2.39. The van der Waals surface area contributed by atoms with Crippen molar-refractivity contribution in [3.63, 3.8) is 0 Å². The molecule has 3 N–H and O–H groups in total. The minimum atomic E-state index is -0.268. The Morgan fingerprint density at radius 3 is 2.80 bits per heavy atom. The van der Waals surface area contributed by atoms with Crippen LogP contribution >= 0.6 is 0 Å². The second kappa shape index (κ2) is 6.13. The lowest BCUT2D eigenvalue weighted by Crippen LogP contribution is -2.39. The van der Waals surface area contributed by atoms with E-state index in [0.717, 1.165) is 37.5 Å². The summed E-state index contributed by atoms with van der Waals surface area (Å²) in [7, 11) is 1.69. The van der Waals surface area contributed by atoms with Gasteiger partial charge in [0.05, 0.1) is 5.41 Å². The third-order valence-corrected chi connectivity index (χ3v) is 3.88. The van der Waals surface area contributed by atoms with Gasteiger partial charge in [-0.25, -0.2) is 0 Å². The predicted molar refractivity (Wildman–Crippen MR) is 79.6 cm³/mol. The first-order chi connectivity index (χ1) is 9.53. The summed E-state index contributed by atoms with van der Waals surface area (Å²) in [5.41, 5.74) is 6.09. The fourth-order valence-electron chi connectivity index (χ4n) is 2.59. The number of likely N-dealkylation sites (tertiary alicyclic amines) is 1. The molecule has 0 saturated carbocycles. The van der Waals surface area contributed by atoms with Crippen molar-refractivity contribution in [3.05, 3.63) is 24.3 Å². The molecule has 1 heterocycles. The van der Waals surface area contributed by atoms with Gasteiger partial charge in [0.15, 0.2) is 0 Å². The molecule has 1 fully saturated rings. The van der Waals surface area contributed by atoms with Crippen molar-refractivity contribution in [2.24, 2.45) is 5.41 Å². The van der Waals surface area contributed by atoms with E-state index in [2.05, 4.69) is 10.2 Å². The molecule has 1 aliphatic heterocycles. The Hall–Kier alpha value is -1.75. The second-order valence-electron chi connectivity index (χ2n) is 5.58. The predicted octanol–water partition coefficient (Wildman–Crippen LogP) is 1.11. The Balaban J connectivity index is 1.76. The first-order valence-corrected chi connectivity index (χ1v) is 6.96. The van der Waals surface area contributed by atoms with Gasteiger partial charge in [-0.2, -0.15) is 0 Å². The molecule has 5 nitrogen and oxygen atoms in total. The number of benzene rings is 1. The van der Waals surface area contributed by atoms with E-state index < -0.39 is 0 Å². The number of nitrogens with one attached hydrogen (secondary N) is 1. The third kappa shape index (κ3) is 3.42. The summed E-state index contributed by atoms with van der Waals surface area (Å²) in [4.78, 5) is 14.1. The number of ether oxygens (including phenoxy) is 1. The number of carbonyl (C=O) groups is 1. The van der Waals surface area contributed by atoms with Crippen molar-refractivity contribution in [3.8, 4) is 5.75 Å². The monoisotopic (exact) mass is 277 g/mol. The maximum Gasteiger partial charge on any atom is 0.227 e. The van der Waals surface area contributed by atoms with Gasteiger partial charge in [-0.3, -0.25) is 9.69 Å². The van der Waals surface area contributed by atoms with Crippen LogP contribution in [0.3, 0.4) is 0 Å². The van der Waals surface area contributed by atoms with Crippen molar-refractivity contribution >= 4 is 11.6 Å². The lowest BCUT2D eigenvalue weighted by Gasteiger charge is -2.22. The fourth-order valence-corrected chi connectivity index (χ4v) is 2.59. The largest absolute Gasteiger partial charge is 0.492 e. The molecule has 0 bridgehead atoms. The van der Waals surface area contributed by atoms with E-state index in [-0.39, 0.29) is 11.3 Å². The molecule has 0 aliphatic carbocycles. The zero-order valence-corrected chi connectivity index (χ0v) is 12.2. The summed E-state index contributed by atoms with van der Waals surface area (Å²) >= 11 is 0. The van der Waals surface area contributed by atoms with E-state index >= 15 is 0 Å². The van der Waals surface area contributed by atoms with Crippen LogP contribution in [0.5, 0.6) is 5.75 Å². The van der Waals surface area contributed by atoms with Crippen molar-refractivity contribution in [1.82, 2.24) is 10.2 Å². The van der Waals surface area contributed by atoms with Crippen LogP contribution in [-0.4, -0.2) is 44.1 Å². The summed E-state index contributed by atoms with van der Waals surface area (Å²) in [6, 6.07) is 7.39. The van der Waals surface area contributed by atoms with Gasteiger partial charge < -0.3 is 15.8 Å². The minimum absolute atomic E-state index is 0.124. The molecule has 1 aliphatic rings. The Morgan fingerprint density at radius 1 is 1.45 bits per heavy atom. The van der Waals surface area contributed by atoms with Crippen LogP contribution in [-0.2, 0) is 4.79 Å². The molecule has 0 radical (unpaired) electrons. The van der Waals surface area contributed by atoms with Gasteiger partial charge in [0.25, 0.3) is 0 Å². The molecule has 20 heavy (non-hydrogen) atoms. The molecule has 5 heteroatoms. The number of nitrogens with two attached hydrogens (primary N) is 1. The van der Waals surface area contributed by atoms with Gasteiger partial charge in [0, 0.05) is 25.8 Å². The summed E-state index contributed by atoms with van der Waals surface area (Å²) in [5.74, 6) is 0.951. The smallest absolute Gasteiger partial charge is 0.227 e. The lowest BCUT2D eigenvalue weighted by molar-refractivity contribution is -0.129. The molecule has 1 amide bonds. The number of hydrogen-bond acceptors (Lipinski definition) is 4. The standard InChI is InChI=1S/C15H23N3O2/c1-15(14(19)17-2)7-8-18(11-15)9-10-20-13-5-3-12(16)4-6-13/h3-6H,7-11,16H2,1-2H3,(H,17,19). The summed E-state index contributed by atoms with van der Waals surface area (Å²) in [6.45, 7) is 5.20. The molecule has 0 aromatic heterocycles. The molecular weight excluding hydrogens is 254 g/mol. The van der Waals surface area contributed by atoms with Crippen LogP contribution in [0, 0.1) is 5.41 Å². The van der Waals surface area contributed by atoms with Gasteiger partial charge in [-0.05, 0) is 44.2 Å². The lowest BCUT2D eigenvalue weighted by atomic mass is 9.89. The van der Waals surface area contributed by atoms with Crippen LogP contribution in [0.4, 0.5) is 5.69 Å². The number of amides is 1. The molecule has 1 saturated heterocycles. The number of hydrogen-bond donors (Lipinski definition) is 2. The van der Waals surface area contributed by atoms with Crippen LogP contribution in [0.15, 0.2) is 24.3 Å². The van der Waals surface area contributed by atoms with E-state index in [0.29, 0.717) is 6.61 Å². The zero-order valence-electron chi connectivity index (χ0n) is 12.2. The van der Waals surface area contributed by atoms with Gasteiger partial charge in [-0.15, -0.1) is 0 Å². The average molecular weight is 277 g/mol. The number of anilines is 1. The van der Waals surface area contributed by atoms with Gasteiger partial charge >= 0.3 is 0 Å². The Bertz CT molecular complexity index is 461. The topological polar surface area (TPSA) is 67.6 Å². The molecular formula is C15H23N3O2. The second-order valence-corrected chi connectivity index (χ2v) is 5.58. The Kier molecular flexibility index (Phi) is 4.49. The van der Waals surface area contributed by atoms with Crippen molar-refractivity contribution in [1.29, 1.82) is 0 Å². The van der Waals surface area contributed by atoms with E-state index in [4.69, 9.17) is 10.5 Å². The highest BCUT2D eigenvalue weighted by Crippen LogP contribution is 2.29. The van der Waals surface area contributed by atoms with Crippen LogP contribution in [0.25, 0.3) is 0 Å². The minimum Gasteiger partial charge on any atom is -0.492 e. The molecule has 1 unspecified atom stereocenters. The van der Waals surface area contributed by atoms with Crippen molar-refractivity contribution in [2.75, 3.05) is 39.0 Å². The summed E-state index contributed by atoms with van der Waals surface area (Å²) < 4.78 is 5.68. The van der Waals surface area contributed by atoms with Crippen molar-refractivity contribution in [2.45, 2.75) is 13.3 Å². The van der Waals surface area contributed by atoms with Crippen LogP contribution < -0.4 is 15.8 Å². The van der Waals surface area contributed by atoms with E-state index in [9.17, 15) is 4.79 Å². The van der Waals surface area contributed by atoms with Crippen molar-refractivity contribution < 1.29 is 9.53 Å². The number of nitrogens with zero attached hydrogens (tertiary/aromatic N) is 1. The number of carbonyl (C=O) groups excluding carboxylic acids is 1. The maximum absolute atomic E-state index is 11.8. The van der Waals surface area contributed by atoms with Crippen LogP contribution in [0.1, 0.15) is 13.3 Å². The highest BCUT2D eigenvalue weighted by atomic mass is 16.5. The van der Waals surface area contributed by atoms with E-state index in [1.807, 2.05) is 31.2 Å².